The highest BCUT2D eigenvalue weighted by Gasteiger charge is 2.22. The van der Waals surface area contributed by atoms with E-state index >= 15 is 0 Å². The minimum absolute atomic E-state index is 0.000742. The lowest BCUT2D eigenvalue weighted by atomic mass is 10.0. The van der Waals surface area contributed by atoms with Crippen LogP contribution in [0.5, 0.6) is 11.5 Å². The fourth-order valence-electron chi connectivity index (χ4n) is 2.87. The Bertz CT molecular complexity index is 882. The second-order valence-corrected chi connectivity index (χ2v) is 6.05. The van der Waals surface area contributed by atoms with Crippen molar-refractivity contribution in [1.29, 1.82) is 5.26 Å². The number of rotatable bonds is 5. The van der Waals surface area contributed by atoms with Crippen molar-refractivity contribution in [3.63, 3.8) is 0 Å². The van der Waals surface area contributed by atoms with E-state index in [2.05, 4.69) is 5.32 Å². The van der Waals surface area contributed by atoms with E-state index in [-0.39, 0.29) is 11.7 Å². The van der Waals surface area contributed by atoms with Crippen molar-refractivity contribution in [2.75, 3.05) is 11.9 Å². The number of fused-ring (bicyclic) bond motifs is 1. The molecule has 0 saturated carbocycles. The van der Waals surface area contributed by atoms with Gasteiger partial charge in [-0.1, -0.05) is 18.2 Å². The zero-order valence-corrected chi connectivity index (χ0v) is 14.8. The Morgan fingerprint density at radius 1 is 1.38 bits per heavy atom. The molecule has 0 aromatic heterocycles. The summed E-state index contributed by atoms with van der Waals surface area (Å²) in [4.78, 5) is 12.4. The minimum atomic E-state index is -0.462. The van der Waals surface area contributed by atoms with Gasteiger partial charge in [0, 0.05) is 23.2 Å². The van der Waals surface area contributed by atoms with E-state index in [1.165, 1.54) is 6.08 Å². The van der Waals surface area contributed by atoms with Gasteiger partial charge >= 0.3 is 0 Å². The number of amides is 1. The van der Waals surface area contributed by atoms with E-state index in [1.54, 1.807) is 12.1 Å². The molecule has 1 heterocycles. The number of ether oxygens (including phenoxy) is 2. The molecular weight excluding hydrogens is 328 g/mol. The Morgan fingerprint density at radius 2 is 2.15 bits per heavy atom. The summed E-state index contributed by atoms with van der Waals surface area (Å²) in [6.07, 6.45) is 2.46. The molecule has 0 bridgehead atoms. The summed E-state index contributed by atoms with van der Waals surface area (Å²) < 4.78 is 11.5. The third-order valence-electron chi connectivity index (χ3n) is 4.02. The molecule has 1 N–H and O–H groups in total. The van der Waals surface area contributed by atoms with Crippen molar-refractivity contribution in [2.24, 2.45) is 0 Å². The van der Waals surface area contributed by atoms with Gasteiger partial charge in [-0.05, 0) is 44.2 Å². The standard InChI is InChI=1S/C21H20N2O3/c1-3-25-19-11-15-9-14(2)26-20(15)12-16(19)10-17(13-22)21(24)23-18-7-5-4-6-8-18/h4-8,10-12,14H,3,9H2,1-2H3,(H,23,24). The van der Waals surface area contributed by atoms with Crippen LogP contribution in [0, 0.1) is 11.3 Å². The van der Waals surface area contributed by atoms with Crippen LogP contribution in [0.2, 0.25) is 0 Å². The van der Waals surface area contributed by atoms with E-state index in [0.717, 1.165) is 17.7 Å². The van der Waals surface area contributed by atoms with Crippen molar-refractivity contribution in [1.82, 2.24) is 0 Å². The minimum Gasteiger partial charge on any atom is -0.493 e. The SMILES string of the molecule is CCOc1cc2c(cc1C=C(C#N)C(=O)Nc1ccccc1)OC(C)C2. The van der Waals surface area contributed by atoms with E-state index in [9.17, 15) is 10.1 Å². The Hall–Kier alpha value is -3.26. The first kappa shape index (κ1) is 17.6. The quantitative estimate of drug-likeness (QED) is 0.656. The van der Waals surface area contributed by atoms with Crippen LogP contribution in [0.15, 0.2) is 48.0 Å². The molecule has 1 amide bonds. The van der Waals surface area contributed by atoms with Gasteiger partial charge in [0.2, 0.25) is 0 Å². The van der Waals surface area contributed by atoms with Crippen molar-refractivity contribution < 1.29 is 14.3 Å². The summed E-state index contributed by atoms with van der Waals surface area (Å²) in [5.41, 5.74) is 2.36. The van der Waals surface area contributed by atoms with Crippen LogP contribution in [0.1, 0.15) is 25.0 Å². The molecule has 1 aliphatic heterocycles. The normalized spacial score (nSPS) is 15.6. The van der Waals surface area contributed by atoms with Gasteiger partial charge in [-0.3, -0.25) is 4.79 Å². The molecule has 0 spiro atoms. The fraction of sp³-hybridized carbons (Fsp3) is 0.238. The Balaban J connectivity index is 1.92. The fourth-order valence-corrected chi connectivity index (χ4v) is 2.87. The molecule has 1 aliphatic rings. The molecule has 26 heavy (non-hydrogen) atoms. The molecule has 1 atom stereocenters. The number of nitrogens with zero attached hydrogens (tertiary/aromatic N) is 1. The summed E-state index contributed by atoms with van der Waals surface area (Å²) in [6, 6.07) is 14.8. The van der Waals surface area contributed by atoms with Crippen LogP contribution < -0.4 is 14.8 Å². The number of carbonyl (C=O) groups is 1. The molecule has 0 fully saturated rings. The van der Waals surface area contributed by atoms with Crippen LogP contribution in [0.3, 0.4) is 0 Å². The smallest absolute Gasteiger partial charge is 0.266 e. The highest BCUT2D eigenvalue weighted by molar-refractivity contribution is 6.09. The highest BCUT2D eigenvalue weighted by atomic mass is 16.5. The maximum atomic E-state index is 12.4. The Labute approximate surface area is 152 Å². The molecule has 5 nitrogen and oxygen atoms in total. The number of nitriles is 1. The van der Waals surface area contributed by atoms with Crippen LogP contribution in [-0.2, 0) is 11.2 Å². The number of hydrogen-bond donors (Lipinski definition) is 1. The van der Waals surface area contributed by atoms with Crippen LogP contribution >= 0.6 is 0 Å². The van der Waals surface area contributed by atoms with Crippen LogP contribution in [-0.4, -0.2) is 18.6 Å². The molecule has 2 aromatic rings. The molecular formula is C21H20N2O3. The monoisotopic (exact) mass is 348 g/mol. The zero-order chi connectivity index (χ0) is 18.5. The summed E-state index contributed by atoms with van der Waals surface area (Å²) in [6.45, 7) is 4.39. The molecule has 5 heteroatoms. The van der Waals surface area contributed by atoms with E-state index in [4.69, 9.17) is 9.47 Å². The Kier molecular flexibility index (Phi) is 5.23. The highest BCUT2D eigenvalue weighted by Crippen LogP contribution is 2.36. The molecule has 0 radical (unpaired) electrons. The average Bonchev–Trinajstić information content (AvgIpc) is 2.99. The predicted molar refractivity (Wildman–Crippen MR) is 100 cm³/mol. The molecule has 3 rings (SSSR count). The lowest BCUT2D eigenvalue weighted by molar-refractivity contribution is -0.112. The van der Waals surface area contributed by atoms with Crippen molar-refractivity contribution >= 4 is 17.7 Å². The maximum Gasteiger partial charge on any atom is 0.266 e. The summed E-state index contributed by atoms with van der Waals surface area (Å²) in [7, 11) is 0. The van der Waals surface area contributed by atoms with E-state index in [1.807, 2.05) is 50.2 Å². The molecule has 1 unspecified atom stereocenters. The van der Waals surface area contributed by atoms with Crippen LogP contribution in [0.4, 0.5) is 5.69 Å². The zero-order valence-electron chi connectivity index (χ0n) is 14.8. The summed E-state index contributed by atoms with van der Waals surface area (Å²) >= 11 is 0. The van der Waals surface area contributed by atoms with Gasteiger partial charge in [0.05, 0.1) is 6.61 Å². The van der Waals surface area contributed by atoms with Crippen molar-refractivity contribution in [3.05, 3.63) is 59.2 Å². The molecule has 132 valence electrons. The largest absolute Gasteiger partial charge is 0.493 e. The molecule has 0 saturated heterocycles. The van der Waals surface area contributed by atoms with E-state index in [0.29, 0.717) is 23.6 Å². The van der Waals surface area contributed by atoms with Gasteiger partial charge in [-0.15, -0.1) is 0 Å². The lowest BCUT2D eigenvalue weighted by Gasteiger charge is -2.11. The summed E-state index contributed by atoms with van der Waals surface area (Å²) in [5, 5.41) is 12.2. The molecule has 2 aromatic carbocycles. The van der Waals surface area contributed by atoms with Gasteiger partial charge in [-0.25, -0.2) is 0 Å². The average molecular weight is 348 g/mol. The topological polar surface area (TPSA) is 71.3 Å². The number of anilines is 1. The van der Waals surface area contributed by atoms with Crippen molar-refractivity contribution in [2.45, 2.75) is 26.4 Å². The number of benzene rings is 2. The number of para-hydroxylation sites is 1. The number of nitrogens with one attached hydrogen (secondary N) is 1. The van der Waals surface area contributed by atoms with E-state index < -0.39 is 5.91 Å². The second kappa shape index (κ2) is 7.75. The van der Waals surface area contributed by atoms with Gasteiger partial charge in [0.15, 0.2) is 0 Å². The summed E-state index contributed by atoms with van der Waals surface area (Å²) in [5.74, 6) is 0.952. The van der Waals surface area contributed by atoms with Gasteiger partial charge in [-0.2, -0.15) is 5.26 Å². The molecule has 0 aliphatic carbocycles. The first-order valence-electron chi connectivity index (χ1n) is 8.55. The van der Waals surface area contributed by atoms with Gasteiger partial charge in [0.1, 0.15) is 29.2 Å². The predicted octanol–water partition coefficient (Wildman–Crippen LogP) is 3.95. The third-order valence-corrected chi connectivity index (χ3v) is 4.02. The van der Waals surface area contributed by atoms with Gasteiger partial charge in [0.25, 0.3) is 5.91 Å². The number of hydrogen-bond acceptors (Lipinski definition) is 4. The Morgan fingerprint density at radius 3 is 2.85 bits per heavy atom. The van der Waals surface area contributed by atoms with Crippen LogP contribution in [0.25, 0.3) is 6.08 Å². The van der Waals surface area contributed by atoms with Crippen molar-refractivity contribution in [3.8, 4) is 17.6 Å². The number of carbonyl (C=O) groups excluding carboxylic acids is 1. The lowest BCUT2D eigenvalue weighted by Crippen LogP contribution is -2.13. The maximum absolute atomic E-state index is 12.4. The van der Waals surface area contributed by atoms with Gasteiger partial charge < -0.3 is 14.8 Å². The third kappa shape index (κ3) is 3.86. The second-order valence-electron chi connectivity index (χ2n) is 6.05. The first-order valence-corrected chi connectivity index (χ1v) is 8.55. The first-order chi connectivity index (χ1) is 12.6.